The Morgan fingerprint density at radius 2 is 2.56 bits per heavy atom. The van der Waals surface area contributed by atoms with Gasteiger partial charge in [-0.15, -0.1) is 0 Å². The highest BCUT2D eigenvalue weighted by molar-refractivity contribution is 5.87. The third-order valence-corrected chi connectivity index (χ3v) is 1.10. The lowest BCUT2D eigenvalue weighted by atomic mass is 10.3. The van der Waals surface area contributed by atoms with Gasteiger partial charge in [0.1, 0.15) is 6.42 Å². The second-order valence-electron chi connectivity index (χ2n) is 1.76. The van der Waals surface area contributed by atoms with Gasteiger partial charge in [0.25, 0.3) is 0 Å². The molecule has 0 aromatic carbocycles. The number of nitrogens with one attached hydrogen (secondary N) is 1. The van der Waals surface area contributed by atoms with E-state index in [0.29, 0.717) is 0 Å². The standard InChI is InChI=1S/C4H5N2O3/c7-4-1-3(2-5-4)6(8)9/h1,3H,2H2,(H,5,7). The molecule has 1 aliphatic heterocycles. The first-order valence-corrected chi connectivity index (χ1v) is 2.46. The summed E-state index contributed by atoms with van der Waals surface area (Å²) >= 11 is 0. The fourth-order valence-corrected chi connectivity index (χ4v) is 0.633. The molecule has 1 unspecified atom stereocenters. The van der Waals surface area contributed by atoms with Gasteiger partial charge >= 0.3 is 0 Å². The molecular weight excluding hydrogens is 124 g/mol. The van der Waals surface area contributed by atoms with Gasteiger partial charge in [0.2, 0.25) is 11.9 Å². The molecule has 0 aromatic rings. The molecule has 0 saturated carbocycles. The van der Waals surface area contributed by atoms with E-state index in [0.717, 1.165) is 6.42 Å². The summed E-state index contributed by atoms with van der Waals surface area (Å²) in [4.78, 5) is 19.7. The Bertz CT molecular complexity index is 156. The molecule has 1 atom stereocenters. The number of nitrogens with zero attached hydrogens (tertiary/aromatic N) is 1. The van der Waals surface area contributed by atoms with Crippen molar-refractivity contribution in [3.05, 3.63) is 16.5 Å². The van der Waals surface area contributed by atoms with Gasteiger partial charge in [-0.05, 0) is 0 Å². The average molecular weight is 129 g/mol. The van der Waals surface area contributed by atoms with Gasteiger partial charge in [-0.1, -0.05) is 0 Å². The van der Waals surface area contributed by atoms with Gasteiger partial charge in [-0.2, -0.15) is 0 Å². The first kappa shape index (κ1) is 6.00. The summed E-state index contributed by atoms with van der Waals surface area (Å²) in [7, 11) is 0. The van der Waals surface area contributed by atoms with Gasteiger partial charge in [0.05, 0.1) is 6.54 Å². The minimum atomic E-state index is -0.822. The van der Waals surface area contributed by atoms with Crippen LogP contribution in [0.15, 0.2) is 0 Å². The summed E-state index contributed by atoms with van der Waals surface area (Å²) in [6.45, 7) is 0.131. The highest BCUT2D eigenvalue weighted by Gasteiger charge is 2.30. The molecular formula is C4H5N2O3. The van der Waals surface area contributed by atoms with Crippen molar-refractivity contribution in [2.45, 2.75) is 6.04 Å². The number of hydrogen-bond donors (Lipinski definition) is 1. The van der Waals surface area contributed by atoms with Crippen molar-refractivity contribution in [3.63, 3.8) is 0 Å². The quantitative estimate of drug-likeness (QED) is 0.363. The molecule has 9 heavy (non-hydrogen) atoms. The summed E-state index contributed by atoms with van der Waals surface area (Å²) in [6.07, 6.45) is 1.07. The molecule has 1 fully saturated rings. The SMILES string of the molecule is O=C1[CH]C([N+](=O)[O-])CN1. The third-order valence-electron chi connectivity index (χ3n) is 1.10. The predicted molar refractivity (Wildman–Crippen MR) is 28.1 cm³/mol. The van der Waals surface area contributed by atoms with Crippen LogP contribution in [0.5, 0.6) is 0 Å². The molecule has 1 radical (unpaired) electrons. The normalized spacial score (nSPS) is 25.8. The number of amides is 1. The second-order valence-corrected chi connectivity index (χ2v) is 1.76. The van der Waals surface area contributed by atoms with Crippen LogP contribution in [0.25, 0.3) is 0 Å². The van der Waals surface area contributed by atoms with Crippen molar-refractivity contribution < 1.29 is 9.72 Å². The molecule has 1 N–H and O–H groups in total. The largest absolute Gasteiger partial charge is 0.349 e. The van der Waals surface area contributed by atoms with Crippen molar-refractivity contribution in [2.75, 3.05) is 6.54 Å². The van der Waals surface area contributed by atoms with E-state index in [4.69, 9.17) is 0 Å². The first-order chi connectivity index (χ1) is 4.20. The van der Waals surface area contributed by atoms with Gasteiger partial charge in [0.15, 0.2) is 0 Å². The number of hydrogen-bond acceptors (Lipinski definition) is 3. The Labute approximate surface area is 51.2 Å². The molecule has 0 aromatic heterocycles. The monoisotopic (exact) mass is 129 g/mol. The molecule has 1 heterocycles. The summed E-state index contributed by atoms with van der Waals surface area (Å²) in [5.41, 5.74) is 0. The maximum Gasteiger partial charge on any atom is 0.242 e. The minimum Gasteiger partial charge on any atom is -0.349 e. The summed E-state index contributed by atoms with van der Waals surface area (Å²) < 4.78 is 0. The fraction of sp³-hybridized carbons (Fsp3) is 0.500. The Balaban J connectivity index is 2.48. The number of nitro groups is 1. The molecule has 1 aliphatic rings. The smallest absolute Gasteiger partial charge is 0.242 e. The van der Waals surface area contributed by atoms with Crippen LogP contribution in [-0.2, 0) is 4.79 Å². The lowest BCUT2D eigenvalue weighted by Gasteiger charge is -1.92. The maximum absolute atomic E-state index is 10.3. The lowest BCUT2D eigenvalue weighted by molar-refractivity contribution is -0.508. The fourth-order valence-electron chi connectivity index (χ4n) is 0.633. The predicted octanol–water partition coefficient (Wildman–Crippen LogP) is -1.03. The molecule has 0 aliphatic carbocycles. The summed E-state index contributed by atoms with van der Waals surface area (Å²) in [5, 5.41) is 12.2. The molecule has 5 heteroatoms. The zero-order chi connectivity index (χ0) is 6.85. The molecule has 1 amide bonds. The average Bonchev–Trinajstić information content (AvgIpc) is 2.14. The maximum atomic E-state index is 10.3. The van der Waals surface area contributed by atoms with Crippen molar-refractivity contribution in [3.8, 4) is 0 Å². The number of rotatable bonds is 1. The van der Waals surface area contributed by atoms with Crippen LogP contribution < -0.4 is 5.32 Å². The highest BCUT2D eigenvalue weighted by atomic mass is 16.6. The van der Waals surface area contributed by atoms with E-state index < -0.39 is 11.0 Å². The lowest BCUT2D eigenvalue weighted by Crippen LogP contribution is -2.22. The van der Waals surface area contributed by atoms with Crippen molar-refractivity contribution in [1.29, 1.82) is 0 Å². The van der Waals surface area contributed by atoms with Crippen LogP contribution in [0, 0.1) is 16.5 Å². The van der Waals surface area contributed by atoms with E-state index in [-0.39, 0.29) is 12.5 Å². The molecule has 49 valence electrons. The Kier molecular flexibility index (Phi) is 1.33. The Morgan fingerprint density at radius 3 is 2.78 bits per heavy atom. The number of carbonyl (C=O) groups is 1. The van der Waals surface area contributed by atoms with E-state index in [1.807, 2.05) is 0 Å². The molecule has 1 rings (SSSR count). The van der Waals surface area contributed by atoms with Crippen LogP contribution in [0.1, 0.15) is 0 Å². The van der Waals surface area contributed by atoms with Gasteiger partial charge in [0, 0.05) is 4.92 Å². The van der Waals surface area contributed by atoms with Gasteiger partial charge in [-0.3, -0.25) is 14.9 Å². The van der Waals surface area contributed by atoms with E-state index in [2.05, 4.69) is 5.32 Å². The summed E-state index contributed by atoms with van der Waals surface area (Å²) in [5.74, 6) is -0.350. The van der Waals surface area contributed by atoms with E-state index in [1.165, 1.54) is 0 Å². The van der Waals surface area contributed by atoms with Crippen LogP contribution in [0.2, 0.25) is 0 Å². The molecule has 0 spiro atoms. The van der Waals surface area contributed by atoms with Crippen molar-refractivity contribution in [1.82, 2.24) is 5.32 Å². The Morgan fingerprint density at radius 1 is 1.89 bits per heavy atom. The topological polar surface area (TPSA) is 72.2 Å². The third kappa shape index (κ3) is 1.16. The van der Waals surface area contributed by atoms with E-state index >= 15 is 0 Å². The van der Waals surface area contributed by atoms with Crippen LogP contribution in [0.4, 0.5) is 0 Å². The summed E-state index contributed by atoms with van der Waals surface area (Å²) in [6, 6.07) is -0.822. The van der Waals surface area contributed by atoms with Gasteiger partial charge in [-0.25, -0.2) is 0 Å². The van der Waals surface area contributed by atoms with Crippen LogP contribution in [-0.4, -0.2) is 23.4 Å². The highest BCUT2D eigenvalue weighted by Crippen LogP contribution is 2.00. The number of carbonyl (C=O) groups excluding carboxylic acids is 1. The molecule has 5 nitrogen and oxygen atoms in total. The van der Waals surface area contributed by atoms with Crippen LogP contribution >= 0.6 is 0 Å². The zero-order valence-corrected chi connectivity index (χ0v) is 4.53. The first-order valence-electron chi connectivity index (χ1n) is 2.46. The second kappa shape index (κ2) is 2.00. The van der Waals surface area contributed by atoms with E-state index in [1.54, 1.807) is 0 Å². The molecule has 0 bridgehead atoms. The molecule has 1 saturated heterocycles. The Hall–Kier alpha value is -1.13. The zero-order valence-electron chi connectivity index (χ0n) is 4.53. The van der Waals surface area contributed by atoms with Crippen molar-refractivity contribution in [2.24, 2.45) is 0 Å². The van der Waals surface area contributed by atoms with Gasteiger partial charge < -0.3 is 5.32 Å². The van der Waals surface area contributed by atoms with E-state index in [9.17, 15) is 14.9 Å². The van der Waals surface area contributed by atoms with Crippen LogP contribution in [0.3, 0.4) is 0 Å². The van der Waals surface area contributed by atoms with Crippen molar-refractivity contribution >= 4 is 5.91 Å². The minimum absolute atomic E-state index is 0.131.